The van der Waals surface area contributed by atoms with E-state index in [9.17, 15) is 9.59 Å². The second-order valence-electron chi connectivity index (χ2n) is 4.81. The maximum Gasteiger partial charge on any atom is 0.312 e. The normalized spacial score (nSPS) is 35.8. The van der Waals surface area contributed by atoms with E-state index in [1.54, 1.807) is 0 Å². The van der Waals surface area contributed by atoms with Crippen LogP contribution in [0.1, 0.15) is 26.7 Å². The third-order valence-corrected chi connectivity index (χ3v) is 3.71. The summed E-state index contributed by atoms with van der Waals surface area (Å²) in [6.45, 7) is 3.32. The number of carbonyl (C=O) groups excluding carboxylic acids is 2. The lowest BCUT2D eigenvalue weighted by Gasteiger charge is -2.29. The lowest BCUT2D eigenvalue weighted by atomic mass is 9.77. The maximum atomic E-state index is 11.7. The van der Waals surface area contributed by atoms with Gasteiger partial charge in [-0.25, -0.2) is 0 Å². The number of hydrogen-bond donors (Lipinski definition) is 0. The Bertz CT molecular complexity index is 371. The van der Waals surface area contributed by atoms with Gasteiger partial charge in [0.2, 0.25) is 0 Å². The Hall–Kier alpha value is -1.32. The van der Waals surface area contributed by atoms with Gasteiger partial charge in [0.1, 0.15) is 5.76 Å². The minimum Gasteiger partial charge on any atom is -0.469 e. The summed E-state index contributed by atoms with van der Waals surface area (Å²) in [6, 6.07) is 0. The highest BCUT2D eigenvalue weighted by atomic mass is 16.5. The van der Waals surface area contributed by atoms with Gasteiger partial charge in [-0.1, -0.05) is 0 Å². The highest BCUT2D eigenvalue weighted by molar-refractivity contribution is 5.78. The van der Waals surface area contributed by atoms with Gasteiger partial charge in [-0.05, 0) is 31.8 Å². The molecule has 4 heteroatoms. The lowest BCUT2D eigenvalue weighted by molar-refractivity contribution is -0.153. The fraction of sp³-hybridized carbons (Fsp3) is 0.667. The van der Waals surface area contributed by atoms with Crippen molar-refractivity contribution in [2.45, 2.75) is 26.7 Å². The fourth-order valence-corrected chi connectivity index (χ4v) is 2.87. The van der Waals surface area contributed by atoms with Gasteiger partial charge < -0.3 is 9.47 Å². The molecule has 2 bridgehead atoms. The molecule has 2 aliphatic rings. The minimum absolute atomic E-state index is 0.138. The van der Waals surface area contributed by atoms with Gasteiger partial charge in [0.25, 0.3) is 0 Å². The number of fused-ring (bicyclic) bond motifs is 2. The van der Waals surface area contributed by atoms with Crippen LogP contribution in [0.15, 0.2) is 11.8 Å². The maximum absolute atomic E-state index is 11.7. The van der Waals surface area contributed by atoms with Crippen LogP contribution in [0.5, 0.6) is 0 Å². The number of esters is 2. The van der Waals surface area contributed by atoms with Crippen molar-refractivity contribution in [1.29, 1.82) is 0 Å². The number of rotatable bonds is 2. The molecule has 0 amide bonds. The van der Waals surface area contributed by atoms with Gasteiger partial charge in [-0.2, -0.15) is 0 Å². The van der Waals surface area contributed by atoms with Crippen molar-refractivity contribution in [3.05, 3.63) is 11.8 Å². The number of ether oxygens (including phenoxy) is 2. The zero-order valence-electron chi connectivity index (χ0n) is 9.78. The molecule has 0 saturated heterocycles. The number of carbonyl (C=O) groups is 2. The molecule has 0 spiro atoms. The third-order valence-electron chi connectivity index (χ3n) is 3.71. The Kier molecular flexibility index (Phi) is 2.52. The summed E-state index contributed by atoms with van der Waals surface area (Å²) in [4.78, 5) is 22.6. The molecular weight excluding hydrogens is 208 g/mol. The van der Waals surface area contributed by atoms with Gasteiger partial charge in [-0.3, -0.25) is 9.59 Å². The van der Waals surface area contributed by atoms with Crippen LogP contribution in [0, 0.1) is 17.3 Å². The van der Waals surface area contributed by atoms with Crippen LogP contribution in [-0.2, 0) is 19.1 Å². The van der Waals surface area contributed by atoms with Crippen molar-refractivity contribution in [2.24, 2.45) is 17.3 Å². The summed E-state index contributed by atoms with van der Waals surface area (Å²) in [5, 5.41) is 0. The first-order valence-electron chi connectivity index (χ1n) is 5.46. The topological polar surface area (TPSA) is 52.6 Å². The summed E-state index contributed by atoms with van der Waals surface area (Å²) in [6.07, 6.45) is 3.50. The van der Waals surface area contributed by atoms with Gasteiger partial charge in [0, 0.05) is 12.8 Å². The van der Waals surface area contributed by atoms with Crippen molar-refractivity contribution in [1.82, 2.24) is 0 Å². The molecule has 0 aromatic rings. The van der Waals surface area contributed by atoms with Crippen LogP contribution in [0.3, 0.4) is 0 Å². The van der Waals surface area contributed by atoms with Crippen molar-refractivity contribution < 1.29 is 19.1 Å². The summed E-state index contributed by atoms with van der Waals surface area (Å²) in [5.41, 5.74) is -0.441. The average molecular weight is 224 g/mol. The number of methoxy groups -OCH3 is 1. The summed E-state index contributed by atoms with van der Waals surface area (Å²) in [7, 11) is 1.41. The molecule has 3 atom stereocenters. The SMILES string of the molecule is COC(=O)C1(C)CC2CC1C=C2OC(C)=O. The summed E-state index contributed by atoms with van der Waals surface area (Å²) >= 11 is 0. The van der Waals surface area contributed by atoms with Crippen LogP contribution in [0.25, 0.3) is 0 Å². The molecule has 0 aromatic carbocycles. The van der Waals surface area contributed by atoms with Gasteiger partial charge >= 0.3 is 11.9 Å². The lowest BCUT2D eigenvalue weighted by Crippen LogP contribution is -2.33. The van der Waals surface area contributed by atoms with Crippen molar-refractivity contribution >= 4 is 11.9 Å². The molecule has 0 aromatic heterocycles. The predicted molar refractivity (Wildman–Crippen MR) is 56.2 cm³/mol. The zero-order chi connectivity index (χ0) is 11.9. The molecule has 0 aliphatic heterocycles. The average Bonchev–Trinajstić information content (AvgIpc) is 2.73. The molecule has 1 saturated carbocycles. The first kappa shape index (κ1) is 11.2. The number of allylic oxidation sites excluding steroid dienone is 2. The Labute approximate surface area is 94.6 Å². The van der Waals surface area contributed by atoms with Crippen LogP contribution < -0.4 is 0 Å². The molecule has 1 fully saturated rings. The summed E-state index contributed by atoms with van der Waals surface area (Å²) < 4.78 is 9.95. The largest absolute Gasteiger partial charge is 0.469 e. The fourth-order valence-electron chi connectivity index (χ4n) is 2.87. The second-order valence-corrected chi connectivity index (χ2v) is 4.81. The van der Waals surface area contributed by atoms with E-state index in [-0.39, 0.29) is 23.8 Å². The van der Waals surface area contributed by atoms with Crippen LogP contribution in [-0.4, -0.2) is 19.0 Å². The zero-order valence-corrected chi connectivity index (χ0v) is 9.78. The molecule has 16 heavy (non-hydrogen) atoms. The number of hydrogen-bond acceptors (Lipinski definition) is 4. The molecule has 0 heterocycles. The van der Waals surface area contributed by atoms with Crippen LogP contribution >= 0.6 is 0 Å². The van der Waals surface area contributed by atoms with Gasteiger partial charge in [0.15, 0.2) is 0 Å². The van der Waals surface area contributed by atoms with Crippen molar-refractivity contribution in [3.63, 3.8) is 0 Å². The van der Waals surface area contributed by atoms with Crippen molar-refractivity contribution in [2.75, 3.05) is 7.11 Å². The Morgan fingerprint density at radius 2 is 2.19 bits per heavy atom. The quantitative estimate of drug-likeness (QED) is 0.669. The summed E-state index contributed by atoms with van der Waals surface area (Å²) in [5.74, 6) is 0.605. The van der Waals surface area contributed by atoms with E-state index in [0.717, 1.165) is 12.2 Å². The molecule has 0 N–H and O–H groups in total. The molecule has 2 rings (SSSR count). The first-order chi connectivity index (χ1) is 7.47. The highest BCUT2D eigenvalue weighted by Gasteiger charge is 2.54. The molecule has 2 aliphatic carbocycles. The predicted octanol–water partition coefficient (Wildman–Crippen LogP) is 1.65. The standard InChI is InChI=1S/C12H16O4/c1-7(13)16-10-5-9-4-8(10)6-12(9,2)11(14)15-3/h5,8-9H,4,6H2,1-3H3. The smallest absolute Gasteiger partial charge is 0.312 e. The van der Waals surface area contributed by atoms with E-state index < -0.39 is 5.41 Å². The van der Waals surface area contributed by atoms with Crippen LogP contribution in [0.4, 0.5) is 0 Å². The van der Waals surface area contributed by atoms with Gasteiger partial charge in [0.05, 0.1) is 12.5 Å². The Balaban J connectivity index is 2.16. The van der Waals surface area contributed by atoms with E-state index in [4.69, 9.17) is 9.47 Å². The molecule has 0 radical (unpaired) electrons. The second kappa shape index (κ2) is 3.61. The van der Waals surface area contributed by atoms with E-state index in [0.29, 0.717) is 6.42 Å². The Morgan fingerprint density at radius 1 is 1.50 bits per heavy atom. The van der Waals surface area contributed by atoms with E-state index in [1.807, 2.05) is 13.0 Å². The highest BCUT2D eigenvalue weighted by Crippen LogP contribution is 2.55. The molecule has 3 unspecified atom stereocenters. The molecule has 88 valence electrons. The molecular formula is C12H16O4. The van der Waals surface area contributed by atoms with Crippen molar-refractivity contribution in [3.8, 4) is 0 Å². The van der Waals surface area contributed by atoms with E-state index >= 15 is 0 Å². The van der Waals surface area contributed by atoms with E-state index in [2.05, 4.69) is 0 Å². The minimum atomic E-state index is -0.441. The third kappa shape index (κ3) is 1.52. The monoisotopic (exact) mass is 224 g/mol. The molecule has 4 nitrogen and oxygen atoms in total. The van der Waals surface area contributed by atoms with E-state index in [1.165, 1.54) is 14.0 Å². The first-order valence-corrected chi connectivity index (χ1v) is 5.46. The van der Waals surface area contributed by atoms with Gasteiger partial charge in [-0.15, -0.1) is 0 Å². The Morgan fingerprint density at radius 3 is 2.62 bits per heavy atom. The van der Waals surface area contributed by atoms with Crippen LogP contribution in [0.2, 0.25) is 0 Å².